The minimum Gasteiger partial charge on any atom is -0.251 e. The van der Waals surface area contributed by atoms with Crippen molar-refractivity contribution in [3.8, 4) is 0 Å². The van der Waals surface area contributed by atoms with Gasteiger partial charge in [-0.1, -0.05) is 0 Å². The summed E-state index contributed by atoms with van der Waals surface area (Å²) in [6.45, 7) is 3.86. The quantitative estimate of drug-likeness (QED) is 0.411. The molecule has 0 aromatic carbocycles. The molecule has 0 N–H and O–H groups in total. The summed E-state index contributed by atoms with van der Waals surface area (Å²) in [5, 5.41) is 1.68. The zero-order chi connectivity index (χ0) is 6.57. The average molecular weight is 241 g/mol. The lowest BCUT2D eigenvalue weighted by Gasteiger charge is -1.86. The van der Waals surface area contributed by atoms with Gasteiger partial charge in [0.05, 0.1) is 3.72 Å². The van der Waals surface area contributed by atoms with Crippen LogP contribution in [0.2, 0.25) is 0 Å². The molecule has 0 atom stereocenters. The van der Waals surface area contributed by atoms with Crippen LogP contribution in [0, 0.1) is 0 Å². The van der Waals surface area contributed by atoms with E-state index in [0.29, 0.717) is 0 Å². The molecule has 0 aliphatic rings. The molecule has 0 aromatic rings. The van der Waals surface area contributed by atoms with Gasteiger partial charge in [0, 0.05) is 5.70 Å². The van der Waals surface area contributed by atoms with Gasteiger partial charge < -0.3 is 0 Å². The number of halogens is 1. The molecule has 46 valence electrons. The van der Waals surface area contributed by atoms with Crippen LogP contribution in [0.5, 0.6) is 0 Å². The third kappa shape index (κ3) is 4.64. The Morgan fingerprint density at radius 3 is 2.25 bits per heavy atom. The topological polar surface area (TPSA) is 12.4 Å². The van der Waals surface area contributed by atoms with Crippen LogP contribution in [0.4, 0.5) is 0 Å². The Balaban J connectivity index is 3.89. The summed E-state index contributed by atoms with van der Waals surface area (Å²) in [7, 11) is 0. The van der Waals surface area contributed by atoms with Gasteiger partial charge in [0.2, 0.25) is 0 Å². The second kappa shape index (κ2) is 4.38. The minimum absolute atomic E-state index is 0.945. The largest absolute Gasteiger partial charge is 0.251 e. The molecule has 0 fully saturated rings. The summed E-state index contributed by atoms with van der Waals surface area (Å²) < 4.78 is 1.03. The zero-order valence-corrected chi connectivity index (χ0v) is 7.90. The van der Waals surface area contributed by atoms with Crippen LogP contribution in [-0.4, -0.2) is 3.72 Å². The molecule has 3 heteroatoms. The summed E-state index contributed by atoms with van der Waals surface area (Å²) in [5.41, 5.74) is 0.945. The monoisotopic (exact) mass is 241 g/mol. The number of aliphatic imine (C=N–C) groups is 1. The van der Waals surface area contributed by atoms with Crippen molar-refractivity contribution in [3.63, 3.8) is 0 Å². The first-order chi connectivity index (χ1) is 3.66. The molecule has 0 unspecified atom stereocenters. The molecule has 0 aliphatic carbocycles. The molecular weight excluding hydrogens is 233 g/mol. The predicted molar refractivity (Wildman–Crippen MR) is 49.9 cm³/mol. The molecule has 0 aliphatic heterocycles. The molecule has 0 aromatic heterocycles. The van der Waals surface area contributed by atoms with E-state index in [2.05, 4.69) is 40.2 Å². The Morgan fingerprint density at radius 1 is 1.62 bits per heavy atom. The lowest BCUT2D eigenvalue weighted by molar-refractivity contribution is 1.33. The molecule has 0 spiro atoms. The summed E-state index contributed by atoms with van der Waals surface area (Å²) in [4.78, 5) is 4.08. The SMILES string of the molecule is CC(I)=N/C(C)=C\S. The van der Waals surface area contributed by atoms with Crippen molar-refractivity contribution < 1.29 is 0 Å². The van der Waals surface area contributed by atoms with E-state index in [1.165, 1.54) is 0 Å². The maximum Gasteiger partial charge on any atom is 0.0756 e. The van der Waals surface area contributed by atoms with E-state index < -0.39 is 0 Å². The number of rotatable bonds is 1. The molecule has 0 radical (unpaired) electrons. The van der Waals surface area contributed by atoms with Crippen molar-refractivity contribution in [2.75, 3.05) is 0 Å². The van der Waals surface area contributed by atoms with Crippen LogP contribution >= 0.6 is 35.2 Å². The Bertz CT molecular complexity index is 124. The molecule has 0 heterocycles. The fraction of sp³-hybridized carbons (Fsp3) is 0.400. The second-order valence-corrected chi connectivity index (χ2v) is 3.20. The first-order valence-corrected chi connectivity index (χ1v) is 3.78. The molecule has 0 rings (SSSR count). The summed E-state index contributed by atoms with van der Waals surface area (Å²) >= 11 is 6.07. The van der Waals surface area contributed by atoms with E-state index in [9.17, 15) is 0 Å². The number of allylic oxidation sites excluding steroid dienone is 1. The lowest BCUT2D eigenvalue weighted by Crippen LogP contribution is -1.73. The van der Waals surface area contributed by atoms with Crippen molar-refractivity contribution in [2.45, 2.75) is 13.8 Å². The molecular formula is C5H8INS. The highest BCUT2D eigenvalue weighted by Gasteiger charge is 1.80. The standard InChI is InChI=1S/C5H8INS/c1-4(3-8)7-5(2)6/h3,8H,1-2H3/b4-3-,7-5?. The van der Waals surface area contributed by atoms with E-state index >= 15 is 0 Å². The maximum atomic E-state index is 4.08. The highest BCUT2D eigenvalue weighted by Crippen LogP contribution is 1.99. The van der Waals surface area contributed by atoms with E-state index in [1.807, 2.05) is 13.8 Å². The van der Waals surface area contributed by atoms with Crippen LogP contribution in [-0.2, 0) is 0 Å². The fourth-order valence-corrected chi connectivity index (χ4v) is 0.710. The fourth-order valence-electron chi connectivity index (χ4n) is 0.272. The summed E-state index contributed by atoms with van der Waals surface area (Å²) in [6, 6.07) is 0. The minimum atomic E-state index is 0.945. The van der Waals surface area contributed by atoms with E-state index in [4.69, 9.17) is 0 Å². The van der Waals surface area contributed by atoms with Crippen molar-refractivity contribution in [1.82, 2.24) is 0 Å². The van der Waals surface area contributed by atoms with Gasteiger partial charge in [-0.2, -0.15) is 0 Å². The van der Waals surface area contributed by atoms with Gasteiger partial charge in [-0.05, 0) is 41.8 Å². The number of hydrogen-bond donors (Lipinski definition) is 1. The van der Waals surface area contributed by atoms with Crippen molar-refractivity contribution >= 4 is 38.9 Å². The Labute approximate surface area is 68.8 Å². The Morgan fingerprint density at radius 2 is 2.12 bits per heavy atom. The Kier molecular flexibility index (Phi) is 4.64. The summed E-state index contributed by atoms with van der Waals surface area (Å²) in [6.07, 6.45) is 0. The van der Waals surface area contributed by atoms with Crippen molar-refractivity contribution in [3.05, 3.63) is 11.1 Å². The van der Waals surface area contributed by atoms with Crippen LogP contribution in [0.1, 0.15) is 13.8 Å². The second-order valence-electron chi connectivity index (χ2n) is 1.38. The highest BCUT2D eigenvalue weighted by atomic mass is 127. The molecule has 0 amide bonds. The molecule has 1 nitrogen and oxygen atoms in total. The van der Waals surface area contributed by atoms with Crippen LogP contribution < -0.4 is 0 Å². The third-order valence-corrected chi connectivity index (χ3v) is 1.13. The van der Waals surface area contributed by atoms with Gasteiger partial charge in [0.25, 0.3) is 0 Å². The third-order valence-electron chi connectivity index (χ3n) is 0.517. The van der Waals surface area contributed by atoms with Gasteiger partial charge in [-0.15, -0.1) is 12.6 Å². The number of thiol groups is 1. The van der Waals surface area contributed by atoms with Gasteiger partial charge in [-0.3, -0.25) is 4.99 Å². The van der Waals surface area contributed by atoms with E-state index in [-0.39, 0.29) is 0 Å². The zero-order valence-electron chi connectivity index (χ0n) is 4.85. The molecule has 0 saturated heterocycles. The van der Waals surface area contributed by atoms with Crippen LogP contribution in [0.25, 0.3) is 0 Å². The normalized spacial score (nSPS) is 14.5. The van der Waals surface area contributed by atoms with Gasteiger partial charge >= 0.3 is 0 Å². The smallest absolute Gasteiger partial charge is 0.0756 e. The van der Waals surface area contributed by atoms with Crippen LogP contribution in [0.3, 0.4) is 0 Å². The van der Waals surface area contributed by atoms with Gasteiger partial charge in [-0.25, -0.2) is 0 Å². The highest BCUT2D eigenvalue weighted by molar-refractivity contribution is 14.1. The predicted octanol–water partition coefficient (Wildman–Crippen LogP) is 2.63. The van der Waals surface area contributed by atoms with Gasteiger partial charge in [0.15, 0.2) is 0 Å². The van der Waals surface area contributed by atoms with Gasteiger partial charge in [0.1, 0.15) is 0 Å². The molecule has 8 heavy (non-hydrogen) atoms. The van der Waals surface area contributed by atoms with E-state index in [1.54, 1.807) is 5.41 Å². The number of hydrogen-bond acceptors (Lipinski definition) is 2. The average Bonchev–Trinajstić information content (AvgIpc) is 1.65. The molecule has 0 bridgehead atoms. The summed E-state index contributed by atoms with van der Waals surface area (Å²) in [5.74, 6) is 0. The van der Waals surface area contributed by atoms with Crippen LogP contribution in [0.15, 0.2) is 16.1 Å². The first kappa shape index (κ1) is 8.49. The van der Waals surface area contributed by atoms with E-state index in [0.717, 1.165) is 9.42 Å². The maximum absolute atomic E-state index is 4.08. The van der Waals surface area contributed by atoms with Crippen molar-refractivity contribution in [1.29, 1.82) is 0 Å². The Hall–Kier alpha value is 0.490. The lowest BCUT2D eigenvalue weighted by atomic mass is 10.6. The molecule has 0 saturated carbocycles. The first-order valence-electron chi connectivity index (χ1n) is 2.18. The number of nitrogens with zero attached hydrogens (tertiary/aromatic N) is 1. The van der Waals surface area contributed by atoms with Crippen molar-refractivity contribution in [2.24, 2.45) is 4.99 Å².